The van der Waals surface area contributed by atoms with Crippen molar-refractivity contribution >= 4 is 17.4 Å². The zero-order chi connectivity index (χ0) is 21.6. The molecule has 1 unspecified atom stereocenters. The van der Waals surface area contributed by atoms with Crippen LogP contribution in [0, 0.1) is 5.41 Å². The summed E-state index contributed by atoms with van der Waals surface area (Å²) in [5.74, 6) is 1.42. The van der Waals surface area contributed by atoms with Crippen LogP contribution in [-0.4, -0.2) is 11.7 Å². The number of rotatable bonds is 2. The van der Waals surface area contributed by atoms with Crippen molar-refractivity contribution in [2.24, 2.45) is 21.1 Å². The lowest BCUT2D eigenvalue weighted by Crippen LogP contribution is -2.18. The Morgan fingerprint density at radius 1 is 0.933 bits per heavy atom. The number of nitrogens with two attached hydrogens (primary N) is 1. The summed E-state index contributed by atoms with van der Waals surface area (Å²) in [6.45, 7) is 9.19. The maximum Gasteiger partial charge on any atom is 0.162 e. The Labute approximate surface area is 182 Å². The number of nitrogens with zero attached hydrogens (tertiary/aromatic N) is 2. The minimum atomic E-state index is 0.190. The molecule has 2 atom stereocenters. The van der Waals surface area contributed by atoms with Crippen molar-refractivity contribution in [3.8, 4) is 0 Å². The summed E-state index contributed by atoms with van der Waals surface area (Å²) in [6, 6.07) is 18.6. The average molecular weight is 404 g/mol. The highest BCUT2D eigenvalue weighted by molar-refractivity contribution is 6.08. The zero-order valence-corrected chi connectivity index (χ0v) is 19.1. The Kier molecular flexibility index (Phi) is 7.12. The van der Waals surface area contributed by atoms with E-state index in [0.717, 1.165) is 29.9 Å². The largest absolute Gasteiger partial charge is 0.387 e. The Balaban J connectivity index is 0.000000589. The summed E-state index contributed by atoms with van der Waals surface area (Å²) in [5, 5.41) is 0. The van der Waals surface area contributed by atoms with Crippen LogP contribution in [-0.2, 0) is 5.41 Å². The van der Waals surface area contributed by atoms with Gasteiger partial charge >= 0.3 is 0 Å². The first-order valence-electron chi connectivity index (χ1n) is 11.5. The molecule has 1 fully saturated rings. The summed E-state index contributed by atoms with van der Waals surface area (Å²) in [6.07, 6.45) is 8.25. The molecule has 0 radical (unpaired) electrons. The fourth-order valence-corrected chi connectivity index (χ4v) is 4.46. The predicted molar refractivity (Wildman–Crippen MR) is 130 cm³/mol. The Morgan fingerprint density at radius 3 is 2.30 bits per heavy atom. The van der Waals surface area contributed by atoms with E-state index in [2.05, 4.69) is 52.0 Å². The molecular formula is C27H37N3. The summed E-state index contributed by atoms with van der Waals surface area (Å²) in [4.78, 5) is 9.64. The van der Waals surface area contributed by atoms with Crippen molar-refractivity contribution in [1.82, 2.24) is 0 Å². The molecule has 30 heavy (non-hydrogen) atoms. The van der Waals surface area contributed by atoms with Crippen molar-refractivity contribution in [1.29, 1.82) is 0 Å². The van der Waals surface area contributed by atoms with Gasteiger partial charge < -0.3 is 5.73 Å². The Morgan fingerprint density at radius 2 is 1.60 bits per heavy atom. The lowest BCUT2D eigenvalue weighted by molar-refractivity contribution is 0.420. The number of hydrogen-bond acceptors (Lipinski definition) is 2. The van der Waals surface area contributed by atoms with Crippen LogP contribution in [0.2, 0.25) is 0 Å². The topological polar surface area (TPSA) is 50.7 Å². The van der Waals surface area contributed by atoms with E-state index in [1.165, 1.54) is 37.7 Å². The zero-order valence-electron chi connectivity index (χ0n) is 19.1. The van der Waals surface area contributed by atoms with Crippen LogP contribution in [0.15, 0.2) is 64.6 Å². The van der Waals surface area contributed by atoms with Crippen LogP contribution in [0.25, 0.3) is 0 Å². The van der Waals surface area contributed by atoms with E-state index in [0.29, 0.717) is 11.3 Å². The van der Waals surface area contributed by atoms with Gasteiger partial charge in [-0.05, 0) is 47.8 Å². The second kappa shape index (κ2) is 9.59. The lowest BCUT2D eigenvalue weighted by atomic mass is 9.83. The van der Waals surface area contributed by atoms with Crippen LogP contribution >= 0.6 is 0 Å². The van der Waals surface area contributed by atoms with Crippen molar-refractivity contribution in [2.45, 2.75) is 78.1 Å². The van der Waals surface area contributed by atoms with Gasteiger partial charge in [-0.1, -0.05) is 89.4 Å². The number of unbranched alkanes of at least 4 members (excludes halogenated alkanes) is 1. The molecule has 4 rings (SSSR count). The van der Waals surface area contributed by atoms with Crippen LogP contribution in [0.4, 0.5) is 5.69 Å². The van der Waals surface area contributed by atoms with E-state index in [1.54, 1.807) is 0 Å². The molecule has 3 nitrogen and oxygen atoms in total. The molecule has 1 heterocycles. The molecule has 3 heteroatoms. The molecule has 1 aliphatic carbocycles. The van der Waals surface area contributed by atoms with Crippen molar-refractivity contribution < 1.29 is 0 Å². The molecule has 1 saturated carbocycles. The highest BCUT2D eigenvalue weighted by Crippen LogP contribution is 2.67. The highest BCUT2D eigenvalue weighted by Gasteiger charge is 2.61. The van der Waals surface area contributed by atoms with Gasteiger partial charge in [-0.3, -0.25) is 0 Å². The first-order valence-corrected chi connectivity index (χ1v) is 11.5. The van der Waals surface area contributed by atoms with E-state index in [9.17, 15) is 0 Å². The van der Waals surface area contributed by atoms with Crippen molar-refractivity contribution in [2.75, 3.05) is 0 Å². The Bertz CT molecular complexity index is 897. The number of benzene rings is 2. The number of fused-ring (bicyclic) bond motifs is 3. The second-order valence-electron chi connectivity index (χ2n) is 9.20. The average Bonchev–Trinajstić information content (AvgIpc) is 3.33. The van der Waals surface area contributed by atoms with Crippen LogP contribution in [0.5, 0.6) is 0 Å². The van der Waals surface area contributed by atoms with Gasteiger partial charge in [0, 0.05) is 12.0 Å². The second-order valence-corrected chi connectivity index (χ2v) is 9.20. The van der Waals surface area contributed by atoms with Crippen LogP contribution in [0.1, 0.15) is 83.8 Å². The number of para-hydroxylation sites is 1. The molecule has 0 amide bonds. The third-order valence-corrected chi connectivity index (χ3v) is 6.87. The quantitative estimate of drug-likeness (QED) is 0.567. The molecule has 2 N–H and O–H groups in total. The molecule has 1 aliphatic heterocycles. The van der Waals surface area contributed by atoms with E-state index in [1.807, 2.05) is 30.3 Å². The maximum atomic E-state index is 6.26. The summed E-state index contributed by atoms with van der Waals surface area (Å²) >= 11 is 0. The monoisotopic (exact) mass is 403 g/mol. The number of hydrogen-bond donors (Lipinski definition) is 1. The number of amidine groups is 2. The normalized spacial score (nSPS) is 26.9. The van der Waals surface area contributed by atoms with E-state index in [4.69, 9.17) is 15.7 Å². The van der Waals surface area contributed by atoms with Gasteiger partial charge in [0.05, 0.1) is 5.69 Å². The standard InChI is InChI=1S/C23H27N3.C4H10/c1-22-15-9-8-14-20(24)26-21(25-17-10-4-3-5-11-17)18-12-6-7-13-19(18)23(22,2)16-22;1-3-4-2/h3-7,10-13H,8-9,14-16H2,1-2H3,(H2,24,25,26);3-4H2,1-2H3/t22-,23?;/m1./s1. The lowest BCUT2D eigenvalue weighted by Gasteiger charge is -2.22. The van der Waals surface area contributed by atoms with Gasteiger partial charge in [0.25, 0.3) is 0 Å². The van der Waals surface area contributed by atoms with Gasteiger partial charge in [-0.15, -0.1) is 0 Å². The van der Waals surface area contributed by atoms with E-state index < -0.39 is 0 Å². The minimum Gasteiger partial charge on any atom is -0.387 e. The fourth-order valence-electron chi connectivity index (χ4n) is 4.46. The SMILES string of the molecule is CC12C[C@@]1(C)CCCCC(N)=NC(=Nc1ccccc1)c1ccccc12.CCCC. The smallest absolute Gasteiger partial charge is 0.162 e. The molecule has 2 aromatic rings. The van der Waals surface area contributed by atoms with E-state index in [-0.39, 0.29) is 5.41 Å². The molecule has 2 aromatic carbocycles. The van der Waals surface area contributed by atoms with Crippen molar-refractivity contribution in [3.05, 3.63) is 65.7 Å². The van der Waals surface area contributed by atoms with Gasteiger partial charge in [0.1, 0.15) is 5.84 Å². The molecule has 160 valence electrons. The molecule has 0 bridgehead atoms. The molecule has 0 saturated heterocycles. The van der Waals surface area contributed by atoms with Gasteiger partial charge in [0.2, 0.25) is 0 Å². The molecule has 2 aliphatic rings. The van der Waals surface area contributed by atoms with Gasteiger partial charge in [-0.2, -0.15) is 0 Å². The maximum absolute atomic E-state index is 6.26. The highest BCUT2D eigenvalue weighted by atomic mass is 15.0. The van der Waals surface area contributed by atoms with Gasteiger partial charge in [-0.25, -0.2) is 9.98 Å². The predicted octanol–water partition coefficient (Wildman–Crippen LogP) is 7.17. The first-order chi connectivity index (χ1) is 14.4. The molecular weight excluding hydrogens is 366 g/mol. The first kappa shape index (κ1) is 22.3. The van der Waals surface area contributed by atoms with Crippen LogP contribution < -0.4 is 5.73 Å². The summed E-state index contributed by atoms with van der Waals surface area (Å²) in [5.41, 5.74) is 10.2. The minimum absolute atomic E-state index is 0.190. The van der Waals surface area contributed by atoms with Crippen molar-refractivity contribution in [3.63, 3.8) is 0 Å². The summed E-state index contributed by atoms with van der Waals surface area (Å²) < 4.78 is 0. The third kappa shape index (κ3) is 4.83. The third-order valence-electron chi connectivity index (χ3n) is 6.87. The fraction of sp³-hybridized carbons (Fsp3) is 0.481. The molecule has 0 spiro atoms. The van der Waals surface area contributed by atoms with E-state index >= 15 is 0 Å². The summed E-state index contributed by atoms with van der Waals surface area (Å²) in [7, 11) is 0. The van der Waals surface area contributed by atoms with Gasteiger partial charge in [0.15, 0.2) is 5.84 Å². The van der Waals surface area contributed by atoms with Crippen LogP contribution in [0.3, 0.4) is 0 Å². The number of aliphatic imine (C=N–C) groups is 2. The molecule has 0 aromatic heterocycles. The Hall–Kier alpha value is -2.42.